The van der Waals surface area contributed by atoms with E-state index >= 15 is 0 Å². The van der Waals surface area contributed by atoms with Gasteiger partial charge in [0.1, 0.15) is 0 Å². The van der Waals surface area contributed by atoms with Crippen LogP contribution in [-0.2, 0) is 6.54 Å². The summed E-state index contributed by atoms with van der Waals surface area (Å²) in [7, 11) is 0. The van der Waals surface area contributed by atoms with E-state index in [2.05, 4.69) is 107 Å². The smallest absolute Gasteiger partial charge is 0.254 e. The third-order valence-electron chi connectivity index (χ3n) is 13.5. The molecule has 2 saturated heterocycles. The Labute approximate surface area is 387 Å². The largest absolute Gasteiger partial charge is 0.336 e. The van der Waals surface area contributed by atoms with Gasteiger partial charge in [0.2, 0.25) is 0 Å². The van der Waals surface area contributed by atoms with E-state index in [-0.39, 0.29) is 23.9 Å². The summed E-state index contributed by atoms with van der Waals surface area (Å²) in [5.41, 5.74) is 20.9. The number of hydrogen-bond donors (Lipinski definition) is 4. The quantitative estimate of drug-likeness (QED) is 0.0728. The normalized spacial score (nSPS) is 18.1. The van der Waals surface area contributed by atoms with Crippen molar-refractivity contribution < 1.29 is 9.59 Å². The Morgan fingerprint density at radius 2 is 1.08 bits per heavy atom. The number of fused-ring (bicyclic) bond motifs is 3. The van der Waals surface area contributed by atoms with Crippen LogP contribution < -0.4 is 22.5 Å². The molecule has 6 aromatic carbocycles. The predicted octanol–water partition coefficient (Wildman–Crippen LogP) is 7.87. The molecule has 8 rings (SSSR count). The summed E-state index contributed by atoms with van der Waals surface area (Å²) in [6.45, 7) is 12.8. The number of piperazine rings is 2. The molecule has 10 nitrogen and oxygen atoms in total. The van der Waals surface area contributed by atoms with Crippen molar-refractivity contribution in [2.24, 2.45) is 17.2 Å². The average molecular weight is 877 g/mol. The van der Waals surface area contributed by atoms with Crippen molar-refractivity contribution in [1.29, 1.82) is 0 Å². The van der Waals surface area contributed by atoms with Crippen LogP contribution >= 0.6 is 0 Å². The van der Waals surface area contributed by atoms with Crippen molar-refractivity contribution in [3.8, 4) is 0 Å². The third kappa shape index (κ3) is 12.4. The van der Waals surface area contributed by atoms with Crippen molar-refractivity contribution >= 4 is 44.1 Å². The van der Waals surface area contributed by atoms with Gasteiger partial charge < -0.3 is 32.3 Å². The zero-order valence-electron chi connectivity index (χ0n) is 38.8. The zero-order valence-corrected chi connectivity index (χ0v) is 38.8. The zero-order chi connectivity index (χ0) is 45.5. The van der Waals surface area contributed by atoms with Gasteiger partial charge in [-0.25, -0.2) is 0 Å². The number of nitrogens with two attached hydrogens (primary N) is 3. The molecule has 2 aliphatic heterocycles. The number of rotatable bonds is 17. The molecular formula is C55H72N8O2. The van der Waals surface area contributed by atoms with Crippen LogP contribution in [0.15, 0.2) is 127 Å². The van der Waals surface area contributed by atoms with E-state index in [1.54, 1.807) is 0 Å². The monoisotopic (exact) mass is 877 g/mol. The molecule has 0 aliphatic carbocycles. The topological polar surface area (TPSA) is 137 Å². The van der Waals surface area contributed by atoms with Gasteiger partial charge in [-0.1, -0.05) is 149 Å². The second-order valence-corrected chi connectivity index (χ2v) is 18.1. The summed E-state index contributed by atoms with van der Waals surface area (Å²) in [5, 5.41) is 10.5. The minimum Gasteiger partial charge on any atom is -0.336 e. The first-order valence-electron chi connectivity index (χ1n) is 24.2. The second-order valence-electron chi connectivity index (χ2n) is 18.1. The van der Waals surface area contributed by atoms with Gasteiger partial charge in [0.05, 0.1) is 0 Å². The standard InChI is InChI=1S/C33H40N4O.C22H32N4O/c1-2-3-13-30-24-37(33(38)32-15-8-12-27-10-6-7-14-31(27)32)19-18-36(30)23-29(21-34)35-22-25-16-17-26-9-4-5-11-28(26)20-25;1-2-3-9-19-16-26(13-12-25(19)15-18(24)14-23)22(27)21-11-6-8-17-7-4-5-10-20(17)21/h4-12,14-17,20,29-30,35H,2-3,13,18-19,21-24,34H2,1H3;4-8,10-11,18-19H,2-3,9,12-16,23-24H2,1H3/t29?,30-;18?,19-/m00/s1. The fourth-order valence-electron chi connectivity index (χ4n) is 9.72. The van der Waals surface area contributed by atoms with Crippen LogP contribution in [0, 0.1) is 0 Å². The number of unbranched alkanes of at least 4 members (excludes halogenated alkanes) is 2. The molecule has 65 heavy (non-hydrogen) atoms. The highest BCUT2D eigenvalue weighted by atomic mass is 16.2. The highest BCUT2D eigenvalue weighted by molar-refractivity contribution is 6.08. The molecule has 10 heteroatoms. The molecule has 2 aliphatic rings. The van der Waals surface area contributed by atoms with E-state index in [0.29, 0.717) is 25.2 Å². The van der Waals surface area contributed by atoms with Crippen molar-refractivity contribution in [3.05, 3.63) is 144 Å². The van der Waals surface area contributed by atoms with Gasteiger partial charge >= 0.3 is 0 Å². The lowest BCUT2D eigenvalue weighted by Crippen LogP contribution is -2.58. The Morgan fingerprint density at radius 3 is 1.60 bits per heavy atom. The molecule has 4 atom stereocenters. The highest BCUT2D eigenvalue weighted by Crippen LogP contribution is 2.25. The van der Waals surface area contributed by atoms with Crippen molar-refractivity contribution in [2.75, 3.05) is 65.4 Å². The van der Waals surface area contributed by atoms with Crippen LogP contribution in [0.3, 0.4) is 0 Å². The van der Waals surface area contributed by atoms with Gasteiger partial charge in [0, 0.05) is 107 Å². The third-order valence-corrected chi connectivity index (χ3v) is 13.5. The molecule has 0 radical (unpaired) electrons. The maximum atomic E-state index is 13.6. The lowest BCUT2D eigenvalue weighted by molar-refractivity contribution is 0.0431. The van der Waals surface area contributed by atoms with Crippen molar-refractivity contribution in [2.45, 2.75) is 83.1 Å². The van der Waals surface area contributed by atoms with Gasteiger partial charge in [-0.05, 0) is 68.9 Å². The minimum absolute atomic E-state index is 0.00514. The molecule has 0 aromatic heterocycles. The Kier molecular flexibility index (Phi) is 17.5. The van der Waals surface area contributed by atoms with E-state index in [0.717, 1.165) is 130 Å². The fraction of sp³-hybridized carbons (Fsp3) is 0.418. The molecule has 2 unspecified atom stereocenters. The molecule has 7 N–H and O–H groups in total. The van der Waals surface area contributed by atoms with Crippen LogP contribution in [0.4, 0.5) is 0 Å². The van der Waals surface area contributed by atoms with Gasteiger partial charge in [-0.2, -0.15) is 0 Å². The Balaban J connectivity index is 0.000000206. The van der Waals surface area contributed by atoms with Crippen molar-refractivity contribution in [3.63, 3.8) is 0 Å². The molecule has 2 amide bonds. The maximum absolute atomic E-state index is 13.6. The molecular weight excluding hydrogens is 805 g/mol. The predicted molar refractivity (Wildman–Crippen MR) is 270 cm³/mol. The molecule has 2 heterocycles. The Hall–Kier alpha value is -5.20. The van der Waals surface area contributed by atoms with E-state index in [1.165, 1.54) is 16.3 Å². The minimum atomic E-state index is -0.00514. The van der Waals surface area contributed by atoms with Gasteiger partial charge in [-0.3, -0.25) is 19.4 Å². The van der Waals surface area contributed by atoms with Crippen molar-refractivity contribution in [1.82, 2.24) is 24.9 Å². The number of hydrogen-bond acceptors (Lipinski definition) is 8. The summed E-state index contributed by atoms with van der Waals surface area (Å²) in [4.78, 5) is 36.0. The molecule has 344 valence electrons. The van der Waals surface area contributed by atoms with E-state index in [4.69, 9.17) is 17.2 Å². The number of nitrogens with zero attached hydrogens (tertiary/aromatic N) is 4. The molecule has 6 aromatic rings. The highest BCUT2D eigenvalue weighted by Gasteiger charge is 2.32. The fourth-order valence-corrected chi connectivity index (χ4v) is 9.72. The first-order chi connectivity index (χ1) is 31.8. The Morgan fingerprint density at radius 1 is 0.585 bits per heavy atom. The van der Waals surface area contributed by atoms with Gasteiger partial charge in [0.15, 0.2) is 0 Å². The summed E-state index contributed by atoms with van der Waals surface area (Å²) in [6.07, 6.45) is 6.82. The van der Waals surface area contributed by atoms with Crippen LogP contribution in [0.1, 0.15) is 78.7 Å². The summed E-state index contributed by atoms with van der Waals surface area (Å²) < 4.78 is 0. The van der Waals surface area contributed by atoms with Gasteiger partial charge in [0.25, 0.3) is 11.8 Å². The summed E-state index contributed by atoms with van der Waals surface area (Å²) in [5.74, 6) is 0.281. The summed E-state index contributed by atoms with van der Waals surface area (Å²) >= 11 is 0. The van der Waals surface area contributed by atoms with Gasteiger partial charge in [-0.15, -0.1) is 0 Å². The van der Waals surface area contributed by atoms with Crippen LogP contribution in [-0.4, -0.2) is 121 Å². The number of benzene rings is 6. The van der Waals surface area contributed by atoms with Crippen LogP contribution in [0.5, 0.6) is 0 Å². The van der Waals surface area contributed by atoms with E-state index in [1.807, 2.05) is 59.5 Å². The first-order valence-corrected chi connectivity index (χ1v) is 24.2. The lowest BCUT2D eigenvalue weighted by Gasteiger charge is -2.43. The molecule has 0 bridgehead atoms. The van der Waals surface area contributed by atoms with E-state index < -0.39 is 0 Å². The van der Waals surface area contributed by atoms with Crippen LogP contribution in [0.25, 0.3) is 32.3 Å². The SMILES string of the molecule is CCCC[C@H]1CN(C(=O)c2cccc3ccccc23)CCN1CC(CN)NCc1ccc2ccccc2c1.CCCC[C@H]1CN(C(=O)c2cccc3ccccc23)CCN1CC(N)CN. The molecule has 0 spiro atoms. The number of nitrogens with one attached hydrogen (secondary N) is 1. The lowest BCUT2D eigenvalue weighted by atomic mass is 10.0. The maximum Gasteiger partial charge on any atom is 0.254 e. The number of carbonyl (C=O) groups excluding carboxylic acids is 2. The molecule has 0 saturated carbocycles. The second kappa shape index (κ2) is 23.8. The average Bonchev–Trinajstić information content (AvgIpc) is 3.36. The van der Waals surface area contributed by atoms with E-state index in [9.17, 15) is 9.59 Å². The first kappa shape index (κ1) is 47.8. The Bertz CT molecular complexity index is 2450. The number of amides is 2. The molecule has 2 fully saturated rings. The number of carbonyl (C=O) groups is 2. The summed E-state index contributed by atoms with van der Waals surface area (Å²) in [6, 6.07) is 44.3. The van der Waals surface area contributed by atoms with Crippen LogP contribution in [0.2, 0.25) is 0 Å².